The Morgan fingerprint density at radius 1 is 1.30 bits per heavy atom. The number of piperidine rings is 1. The maximum absolute atomic E-state index is 12.6. The molecule has 1 aromatic rings. The molecule has 3 rings (SSSR count). The molecule has 0 radical (unpaired) electrons. The number of carbonyl (C=O) groups excluding carboxylic acids is 1. The topological polar surface area (TPSA) is 57.2 Å². The van der Waals surface area contributed by atoms with Gasteiger partial charge in [0.15, 0.2) is 0 Å². The molecule has 2 atom stereocenters. The molecule has 7 heteroatoms. The van der Waals surface area contributed by atoms with Gasteiger partial charge in [-0.2, -0.15) is 0 Å². The SMILES string of the molecule is C[C@H]1CC(C)(C)OB(c2cccc(OC[C@H]3CCCCN3C(=O)OC(C)(C)C)c2)O1. The molecular formula is C23H36BNO5. The highest BCUT2D eigenvalue weighted by Gasteiger charge is 2.38. The van der Waals surface area contributed by atoms with Crippen molar-refractivity contribution >= 4 is 18.7 Å². The largest absolute Gasteiger partial charge is 0.494 e. The third kappa shape index (κ3) is 6.38. The standard InChI is InChI=1S/C23H36BNO5/c1-17-15-23(5,6)30-24(29-17)18-10-9-12-20(14-18)27-16-19-11-7-8-13-25(19)21(26)28-22(2,3)4/h9-10,12,14,17,19H,7-8,11,13,15-16H2,1-6H3/t17-,19+/m0/s1. The first kappa shape index (κ1) is 22.9. The van der Waals surface area contributed by atoms with Crippen LogP contribution < -0.4 is 10.2 Å². The van der Waals surface area contributed by atoms with Crippen LogP contribution >= 0.6 is 0 Å². The zero-order valence-corrected chi connectivity index (χ0v) is 19.3. The van der Waals surface area contributed by atoms with Gasteiger partial charge < -0.3 is 23.7 Å². The zero-order valence-electron chi connectivity index (χ0n) is 19.3. The first-order valence-corrected chi connectivity index (χ1v) is 11.1. The molecule has 2 aliphatic heterocycles. The van der Waals surface area contributed by atoms with E-state index >= 15 is 0 Å². The molecule has 0 saturated carbocycles. The molecule has 0 N–H and O–H groups in total. The average Bonchev–Trinajstić information content (AvgIpc) is 2.64. The second kappa shape index (κ2) is 9.19. The van der Waals surface area contributed by atoms with E-state index in [2.05, 4.69) is 20.8 Å². The van der Waals surface area contributed by atoms with Crippen molar-refractivity contribution in [3.8, 4) is 5.75 Å². The molecule has 2 aliphatic rings. The van der Waals surface area contributed by atoms with Crippen LogP contribution in [0, 0.1) is 0 Å². The van der Waals surface area contributed by atoms with Crippen molar-refractivity contribution in [1.29, 1.82) is 0 Å². The number of nitrogens with zero attached hydrogens (tertiary/aromatic N) is 1. The Labute approximate surface area is 181 Å². The van der Waals surface area contributed by atoms with E-state index in [0.717, 1.165) is 36.9 Å². The van der Waals surface area contributed by atoms with Gasteiger partial charge in [0.05, 0.1) is 11.6 Å². The van der Waals surface area contributed by atoms with Gasteiger partial charge in [-0.25, -0.2) is 4.79 Å². The van der Waals surface area contributed by atoms with Crippen LogP contribution in [0.3, 0.4) is 0 Å². The molecule has 0 unspecified atom stereocenters. The lowest BCUT2D eigenvalue weighted by Crippen LogP contribution is -2.51. The summed E-state index contributed by atoms with van der Waals surface area (Å²) >= 11 is 0. The Balaban J connectivity index is 1.63. The van der Waals surface area contributed by atoms with Crippen LogP contribution in [0.1, 0.15) is 67.2 Å². The first-order chi connectivity index (χ1) is 14.0. The quantitative estimate of drug-likeness (QED) is 0.689. The smallest absolute Gasteiger partial charge is 0.491 e. The minimum atomic E-state index is -0.501. The molecule has 30 heavy (non-hydrogen) atoms. The van der Waals surface area contributed by atoms with Gasteiger partial charge in [-0.15, -0.1) is 0 Å². The molecule has 6 nitrogen and oxygen atoms in total. The van der Waals surface area contributed by atoms with E-state index in [-0.39, 0.29) is 23.8 Å². The molecule has 0 bridgehead atoms. The Morgan fingerprint density at radius 3 is 2.77 bits per heavy atom. The molecule has 2 fully saturated rings. The minimum Gasteiger partial charge on any atom is -0.491 e. The summed E-state index contributed by atoms with van der Waals surface area (Å²) in [6.07, 6.45) is 3.73. The summed E-state index contributed by atoms with van der Waals surface area (Å²) in [5.74, 6) is 0.755. The van der Waals surface area contributed by atoms with Crippen LogP contribution in [0.4, 0.5) is 4.79 Å². The third-order valence-corrected chi connectivity index (χ3v) is 5.39. The maximum atomic E-state index is 12.6. The summed E-state index contributed by atoms with van der Waals surface area (Å²) in [6.45, 7) is 13.1. The molecule has 0 aliphatic carbocycles. The van der Waals surface area contributed by atoms with E-state index in [1.165, 1.54) is 0 Å². The molecule has 2 heterocycles. The van der Waals surface area contributed by atoms with E-state index in [0.29, 0.717) is 13.2 Å². The highest BCUT2D eigenvalue weighted by molar-refractivity contribution is 6.61. The fourth-order valence-corrected chi connectivity index (χ4v) is 4.14. The van der Waals surface area contributed by atoms with Gasteiger partial charge in [-0.05, 0) is 84.8 Å². The van der Waals surface area contributed by atoms with Gasteiger partial charge in [0.2, 0.25) is 0 Å². The summed E-state index contributed by atoms with van der Waals surface area (Å²) < 4.78 is 23.8. The van der Waals surface area contributed by atoms with Crippen LogP contribution in [0.15, 0.2) is 24.3 Å². The van der Waals surface area contributed by atoms with Gasteiger partial charge in [0.25, 0.3) is 0 Å². The van der Waals surface area contributed by atoms with Crippen molar-refractivity contribution in [1.82, 2.24) is 4.90 Å². The van der Waals surface area contributed by atoms with Crippen molar-refractivity contribution in [2.45, 2.75) is 90.6 Å². The number of rotatable bonds is 4. The molecule has 1 aromatic carbocycles. The van der Waals surface area contributed by atoms with Crippen molar-refractivity contribution in [2.24, 2.45) is 0 Å². The normalized spacial score (nSPS) is 24.5. The van der Waals surface area contributed by atoms with Crippen LogP contribution in [-0.4, -0.2) is 54.6 Å². The van der Waals surface area contributed by atoms with E-state index < -0.39 is 12.7 Å². The summed E-state index contributed by atoms with van der Waals surface area (Å²) in [5.41, 5.74) is 0.216. The van der Waals surface area contributed by atoms with Gasteiger partial charge >= 0.3 is 13.2 Å². The number of amides is 1. The first-order valence-electron chi connectivity index (χ1n) is 11.1. The van der Waals surface area contributed by atoms with Crippen molar-refractivity contribution < 1.29 is 23.6 Å². The molecule has 1 amide bonds. The number of carbonyl (C=O) groups is 1. The Kier molecular flexibility index (Phi) is 7.03. The van der Waals surface area contributed by atoms with Crippen LogP contribution in [0.5, 0.6) is 5.75 Å². The van der Waals surface area contributed by atoms with Crippen molar-refractivity contribution in [3.63, 3.8) is 0 Å². The number of hydrogen-bond donors (Lipinski definition) is 0. The molecule has 166 valence electrons. The van der Waals surface area contributed by atoms with Crippen LogP contribution in [0.25, 0.3) is 0 Å². The molecule has 2 saturated heterocycles. The fourth-order valence-electron chi connectivity index (χ4n) is 4.14. The monoisotopic (exact) mass is 417 g/mol. The molecule has 0 aromatic heterocycles. The second-order valence-corrected chi connectivity index (χ2v) is 10.1. The highest BCUT2D eigenvalue weighted by atomic mass is 16.6. The average molecular weight is 417 g/mol. The lowest BCUT2D eigenvalue weighted by atomic mass is 9.75. The van der Waals surface area contributed by atoms with E-state index in [9.17, 15) is 4.79 Å². The number of likely N-dealkylation sites (tertiary alicyclic amines) is 1. The number of hydrogen-bond acceptors (Lipinski definition) is 5. The summed E-state index contributed by atoms with van der Waals surface area (Å²) in [5, 5.41) is 0. The lowest BCUT2D eigenvalue weighted by molar-refractivity contribution is -0.0230. The Bertz CT molecular complexity index is 733. The molecule has 0 spiro atoms. The van der Waals surface area contributed by atoms with E-state index in [4.69, 9.17) is 18.8 Å². The van der Waals surface area contributed by atoms with E-state index in [1.54, 1.807) is 0 Å². The van der Waals surface area contributed by atoms with Crippen molar-refractivity contribution in [2.75, 3.05) is 13.2 Å². The van der Waals surface area contributed by atoms with Gasteiger partial charge in [-0.3, -0.25) is 0 Å². The highest BCUT2D eigenvalue weighted by Crippen LogP contribution is 2.26. The predicted octanol–water partition coefficient (Wildman–Crippen LogP) is 4.15. The summed E-state index contributed by atoms with van der Waals surface area (Å²) in [4.78, 5) is 14.4. The minimum absolute atomic E-state index is 0.0124. The fraction of sp³-hybridized carbons (Fsp3) is 0.696. The van der Waals surface area contributed by atoms with E-state index in [1.807, 2.05) is 49.9 Å². The number of benzene rings is 1. The lowest BCUT2D eigenvalue weighted by Gasteiger charge is -2.38. The Morgan fingerprint density at radius 2 is 2.07 bits per heavy atom. The van der Waals surface area contributed by atoms with Crippen molar-refractivity contribution in [3.05, 3.63) is 24.3 Å². The zero-order chi connectivity index (χ0) is 21.9. The Hall–Kier alpha value is -1.73. The maximum Gasteiger partial charge on any atom is 0.494 e. The molecular weight excluding hydrogens is 381 g/mol. The van der Waals surface area contributed by atoms with Gasteiger partial charge in [0.1, 0.15) is 18.0 Å². The van der Waals surface area contributed by atoms with Crippen LogP contribution in [0.2, 0.25) is 0 Å². The van der Waals surface area contributed by atoms with Gasteiger partial charge in [0, 0.05) is 12.6 Å². The summed E-state index contributed by atoms with van der Waals surface area (Å²) in [7, 11) is -0.403. The number of ether oxygens (including phenoxy) is 2. The van der Waals surface area contributed by atoms with Crippen LogP contribution in [-0.2, 0) is 14.0 Å². The third-order valence-electron chi connectivity index (χ3n) is 5.39. The second-order valence-electron chi connectivity index (χ2n) is 10.1. The predicted molar refractivity (Wildman–Crippen MR) is 118 cm³/mol. The van der Waals surface area contributed by atoms with Gasteiger partial charge in [-0.1, -0.05) is 12.1 Å². The summed E-state index contributed by atoms with van der Waals surface area (Å²) in [6, 6.07) is 7.87.